The van der Waals surface area contributed by atoms with Crippen LogP contribution in [0.15, 0.2) is 47.3 Å². The number of hydrogen-bond donors (Lipinski definition) is 1. The predicted molar refractivity (Wildman–Crippen MR) is 75.4 cm³/mol. The Balaban J connectivity index is 2.23. The van der Waals surface area contributed by atoms with Crippen molar-refractivity contribution in [3.8, 4) is 11.4 Å². The molecule has 7 heteroatoms. The van der Waals surface area contributed by atoms with Gasteiger partial charge in [0.25, 0.3) is 0 Å². The highest BCUT2D eigenvalue weighted by Gasteiger charge is 2.31. The number of nitrogens with zero attached hydrogens (tertiary/aromatic N) is 1. The van der Waals surface area contributed by atoms with E-state index in [0.717, 1.165) is 12.1 Å². The molecule has 0 atom stereocenters. The molecular formula is C15H11F3N2O2. The molecule has 0 saturated carbocycles. The molecule has 0 spiro atoms. The lowest BCUT2D eigenvalue weighted by atomic mass is 10.2. The smallest absolute Gasteiger partial charge is 0.416 e. The molecule has 0 unspecified atom stereocenters. The fourth-order valence-electron chi connectivity index (χ4n) is 2.27. The molecule has 0 bridgehead atoms. The zero-order valence-corrected chi connectivity index (χ0v) is 11.4. The van der Waals surface area contributed by atoms with Crippen LogP contribution in [0, 0.1) is 0 Å². The van der Waals surface area contributed by atoms with Gasteiger partial charge >= 0.3 is 11.9 Å². The Kier molecular flexibility index (Phi) is 3.20. The molecule has 3 aromatic rings. The second kappa shape index (κ2) is 4.94. The van der Waals surface area contributed by atoms with E-state index in [1.807, 2.05) is 0 Å². The van der Waals surface area contributed by atoms with Gasteiger partial charge in [-0.05, 0) is 42.5 Å². The van der Waals surface area contributed by atoms with Crippen LogP contribution in [-0.2, 0) is 6.18 Å². The van der Waals surface area contributed by atoms with Crippen molar-refractivity contribution in [1.29, 1.82) is 0 Å². The lowest BCUT2D eigenvalue weighted by molar-refractivity contribution is -0.137. The molecule has 0 aliphatic heterocycles. The molecule has 1 heterocycles. The van der Waals surface area contributed by atoms with Gasteiger partial charge < -0.3 is 9.72 Å². The van der Waals surface area contributed by atoms with Crippen LogP contribution < -0.4 is 10.4 Å². The van der Waals surface area contributed by atoms with E-state index in [2.05, 4.69) is 4.98 Å². The van der Waals surface area contributed by atoms with Crippen molar-refractivity contribution in [3.05, 3.63) is 58.5 Å². The van der Waals surface area contributed by atoms with Gasteiger partial charge in [-0.15, -0.1) is 0 Å². The van der Waals surface area contributed by atoms with Crippen LogP contribution in [0.5, 0.6) is 5.75 Å². The van der Waals surface area contributed by atoms with Crippen LogP contribution >= 0.6 is 0 Å². The van der Waals surface area contributed by atoms with Crippen molar-refractivity contribution in [1.82, 2.24) is 9.55 Å². The molecular weight excluding hydrogens is 297 g/mol. The summed E-state index contributed by atoms with van der Waals surface area (Å²) in [6, 6.07) is 9.62. The van der Waals surface area contributed by atoms with Crippen LogP contribution in [0.3, 0.4) is 0 Å². The number of fused-ring (bicyclic) bond motifs is 1. The highest BCUT2D eigenvalue weighted by Crippen LogP contribution is 2.31. The van der Waals surface area contributed by atoms with Gasteiger partial charge in [0.1, 0.15) is 5.75 Å². The van der Waals surface area contributed by atoms with E-state index < -0.39 is 17.4 Å². The fraction of sp³-hybridized carbons (Fsp3) is 0.133. The van der Waals surface area contributed by atoms with Gasteiger partial charge in [0.15, 0.2) is 0 Å². The average Bonchev–Trinajstić information content (AvgIpc) is 2.81. The number of methoxy groups -OCH3 is 1. The maximum atomic E-state index is 12.8. The second-order valence-corrected chi connectivity index (χ2v) is 4.69. The first-order valence-electron chi connectivity index (χ1n) is 6.36. The Morgan fingerprint density at radius 2 is 1.77 bits per heavy atom. The minimum absolute atomic E-state index is 0.171. The van der Waals surface area contributed by atoms with Gasteiger partial charge in [-0.25, -0.2) is 4.79 Å². The maximum absolute atomic E-state index is 12.8. The first-order valence-corrected chi connectivity index (χ1v) is 6.36. The van der Waals surface area contributed by atoms with Crippen molar-refractivity contribution in [2.24, 2.45) is 0 Å². The van der Waals surface area contributed by atoms with Crippen molar-refractivity contribution in [3.63, 3.8) is 0 Å². The number of halogens is 3. The third-order valence-corrected chi connectivity index (χ3v) is 3.34. The quantitative estimate of drug-likeness (QED) is 0.789. The molecule has 0 amide bonds. The molecule has 1 N–H and O–H groups in total. The van der Waals surface area contributed by atoms with Crippen molar-refractivity contribution < 1.29 is 17.9 Å². The lowest BCUT2D eigenvalue weighted by Crippen LogP contribution is -2.14. The normalized spacial score (nSPS) is 11.8. The van der Waals surface area contributed by atoms with Crippen LogP contribution in [0.2, 0.25) is 0 Å². The SMILES string of the molecule is COc1ccc(-n2c(=O)[nH]c3ccc(C(F)(F)F)cc32)cc1. The summed E-state index contributed by atoms with van der Waals surface area (Å²) in [6.07, 6.45) is -4.47. The van der Waals surface area contributed by atoms with Crippen molar-refractivity contribution in [2.45, 2.75) is 6.18 Å². The van der Waals surface area contributed by atoms with E-state index in [9.17, 15) is 18.0 Å². The number of rotatable bonds is 2. The highest BCUT2D eigenvalue weighted by atomic mass is 19.4. The molecule has 3 rings (SSSR count). The third kappa shape index (κ3) is 2.34. The fourth-order valence-corrected chi connectivity index (χ4v) is 2.27. The third-order valence-electron chi connectivity index (χ3n) is 3.34. The van der Waals surface area contributed by atoms with E-state index in [0.29, 0.717) is 17.0 Å². The zero-order valence-electron chi connectivity index (χ0n) is 11.4. The van der Waals surface area contributed by atoms with Crippen LogP contribution in [-0.4, -0.2) is 16.7 Å². The Morgan fingerprint density at radius 3 is 2.36 bits per heavy atom. The molecule has 2 aromatic carbocycles. The molecule has 22 heavy (non-hydrogen) atoms. The summed E-state index contributed by atoms with van der Waals surface area (Å²) < 4.78 is 44.7. The summed E-state index contributed by atoms with van der Waals surface area (Å²) in [5.41, 5.74) is -0.337. The second-order valence-electron chi connectivity index (χ2n) is 4.69. The van der Waals surface area contributed by atoms with E-state index in [4.69, 9.17) is 4.74 Å². The van der Waals surface area contributed by atoms with E-state index in [1.54, 1.807) is 24.3 Å². The highest BCUT2D eigenvalue weighted by molar-refractivity contribution is 5.78. The number of aromatic amines is 1. The van der Waals surface area contributed by atoms with E-state index >= 15 is 0 Å². The summed E-state index contributed by atoms with van der Waals surface area (Å²) in [7, 11) is 1.50. The molecule has 0 aliphatic carbocycles. The zero-order chi connectivity index (χ0) is 15.9. The number of imidazole rings is 1. The van der Waals surface area contributed by atoms with Gasteiger partial charge in [0.05, 0.1) is 29.4 Å². The number of alkyl halides is 3. The molecule has 0 aliphatic rings. The van der Waals surface area contributed by atoms with Crippen molar-refractivity contribution in [2.75, 3.05) is 7.11 Å². The first-order chi connectivity index (χ1) is 10.4. The summed E-state index contributed by atoms with van der Waals surface area (Å²) in [5.74, 6) is 0.590. The number of hydrogen-bond acceptors (Lipinski definition) is 2. The van der Waals surface area contributed by atoms with Gasteiger partial charge in [-0.1, -0.05) is 0 Å². The summed E-state index contributed by atoms with van der Waals surface area (Å²) in [6.45, 7) is 0. The van der Waals surface area contributed by atoms with Gasteiger partial charge in [-0.2, -0.15) is 13.2 Å². The molecule has 1 aromatic heterocycles. The predicted octanol–water partition coefficient (Wildman–Crippen LogP) is 3.35. The molecule has 0 saturated heterocycles. The topological polar surface area (TPSA) is 47.0 Å². The Hall–Kier alpha value is -2.70. The molecule has 114 valence electrons. The summed E-state index contributed by atoms with van der Waals surface area (Å²) in [4.78, 5) is 14.6. The van der Waals surface area contributed by atoms with Gasteiger partial charge in [0.2, 0.25) is 0 Å². The maximum Gasteiger partial charge on any atom is 0.416 e. The van der Waals surface area contributed by atoms with Crippen LogP contribution in [0.25, 0.3) is 16.7 Å². The number of H-pyrrole nitrogens is 1. The Morgan fingerprint density at radius 1 is 1.09 bits per heavy atom. The number of aromatic nitrogens is 2. The largest absolute Gasteiger partial charge is 0.497 e. The Labute approximate surface area is 122 Å². The summed E-state index contributed by atoms with van der Waals surface area (Å²) in [5, 5.41) is 0. The number of ether oxygens (including phenoxy) is 1. The summed E-state index contributed by atoms with van der Waals surface area (Å²) >= 11 is 0. The van der Waals surface area contributed by atoms with E-state index in [1.165, 1.54) is 17.7 Å². The monoisotopic (exact) mass is 308 g/mol. The van der Waals surface area contributed by atoms with Gasteiger partial charge in [0, 0.05) is 0 Å². The lowest BCUT2D eigenvalue weighted by Gasteiger charge is -2.08. The molecule has 0 radical (unpaired) electrons. The minimum atomic E-state index is -4.47. The van der Waals surface area contributed by atoms with Crippen LogP contribution in [0.4, 0.5) is 13.2 Å². The number of nitrogens with one attached hydrogen (secondary N) is 1. The Bertz CT molecular complexity index is 876. The minimum Gasteiger partial charge on any atom is -0.497 e. The average molecular weight is 308 g/mol. The van der Waals surface area contributed by atoms with Gasteiger partial charge in [-0.3, -0.25) is 4.57 Å². The van der Waals surface area contributed by atoms with Crippen LogP contribution in [0.1, 0.15) is 5.56 Å². The molecule has 0 fully saturated rings. The first kappa shape index (κ1) is 14.2. The standard InChI is InChI=1S/C15H11F3N2O2/c1-22-11-5-3-10(4-6-11)20-13-8-9(15(16,17)18)2-7-12(13)19-14(20)21/h2-8H,1H3,(H,19,21). The number of benzene rings is 2. The molecule has 4 nitrogen and oxygen atoms in total. The van der Waals surface area contributed by atoms with E-state index in [-0.39, 0.29) is 5.52 Å². The van der Waals surface area contributed by atoms with Crippen molar-refractivity contribution >= 4 is 11.0 Å².